The molecule has 2 atom stereocenters. The SMILES string of the molecule is O=C(C1CC1)N1C[C@H]2CN(c3cccnc3)C(=O)[C@H]2C1. The Balaban J connectivity index is 1.49. The van der Waals surface area contributed by atoms with Gasteiger partial charge < -0.3 is 9.80 Å². The van der Waals surface area contributed by atoms with Gasteiger partial charge in [-0.05, 0) is 25.0 Å². The summed E-state index contributed by atoms with van der Waals surface area (Å²) in [4.78, 5) is 32.4. The lowest BCUT2D eigenvalue weighted by Gasteiger charge is -2.21. The average molecular weight is 271 g/mol. The van der Waals surface area contributed by atoms with E-state index in [1.165, 1.54) is 0 Å². The van der Waals surface area contributed by atoms with Crippen LogP contribution >= 0.6 is 0 Å². The first kappa shape index (κ1) is 11.9. The number of carbonyl (C=O) groups is 2. The summed E-state index contributed by atoms with van der Waals surface area (Å²) in [5, 5.41) is 0. The van der Waals surface area contributed by atoms with Crippen LogP contribution in [0.2, 0.25) is 0 Å². The Bertz CT molecular complexity index is 555. The average Bonchev–Trinajstić information content (AvgIpc) is 3.17. The van der Waals surface area contributed by atoms with Crippen molar-refractivity contribution in [3.05, 3.63) is 24.5 Å². The van der Waals surface area contributed by atoms with E-state index in [9.17, 15) is 9.59 Å². The molecular formula is C15H17N3O2. The maximum Gasteiger partial charge on any atom is 0.232 e. The van der Waals surface area contributed by atoms with Crippen molar-refractivity contribution in [2.45, 2.75) is 12.8 Å². The van der Waals surface area contributed by atoms with Crippen LogP contribution in [0.4, 0.5) is 5.69 Å². The predicted molar refractivity (Wildman–Crippen MR) is 72.9 cm³/mol. The molecule has 2 saturated heterocycles. The summed E-state index contributed by atoms with van der Waals surface area (Å²) in [5.41, 5.74) is 0.868. The maximum atomic E-state index is 12.5. The molecule has 0 N–H and O–H groups in total. The number of rotatable bonds is 2. The van der Waals surface area contributed by atoms with Crippen molar-refractivity contribution in [3.63, 3.8) is 0 Å². The fourth-order valence-corrected chi connectivity index (χ4v) is 3.38. The zero-order valence-electron chi connectivity index (χ0n) is 11.2. The first-order valence-electron chi connectivity index (χ1n) is 7.24. The number of aromatic nitrogens is 1. The minimum atomic E-state index is -0.0158. The zero-order valence-corrected chi connectivity index (χ0v) is 11.2. The Kier molecular flexibility index (Phi) is 2.55. The molecule has 5 heteroatoms. The van der Waals surface area contributed by atoms with E-state index in [1.807, 2.05) is 21.9 Å². The summed E-state index contributed by atoms with van der Waals surface area (Å²) < 4.78 is 0. The molecule has 2 aliphatic heterocycles. The molecule has 2 amide bonds. The Hall–Kier alpha value is -1.91. The number of carbonyl (C=O) groups excluding carboxylic acids is 2. The summed E-state index contributed by atoms with van der Waals surface area (Å²) in [6, 6.07) is 3.76. The summed E-state index contributed by atoms with van der Waals surface area (Å²) in [6.07, 6.45) is 5.49. The third-order valence-corrected chi connectivity index (χ3v) is 4.64. The molecule has 0 bridgehead atoms. The smallest absolute Gasteiger partial charge is 0.232 e. The second-order valence-electron chi connectivity index (χ2n) is 6.04. The van der Waals surface area contributed by atoms with Gasteiger partial charge in [-0.3, -0.25) is 14.6 Å². The molecule has 0 unspecified atom stereocenters. The number of anilines is 1. The molecule has 1 aromatic heterocycles. The van der Waals surface area contributed by atoms with Gasteiger partial charge in [-0.2, -0.15) is 0 Å². The van der Waals surface area contributed by atoms with Crippen LogP contribution in [-0.2, 0) is 9.59 Å². The van der Waals surface area contributed by atoms with Crippen molar-refractivity contribution >= 4 is 17.5 Å². The number of amides is 2. The van der Waals surface area contributed by atoms with Crippen molar-refractivity contribution in [2.24, 2.45) is 17.8 Å². The molecule has 3 aliphatic rings. The van der Waals surface area contributed by atoms with Gasteiger partial charge in [-0.1, -0.05) is 0 Å². The molecule has 0 aromatic carbocycles. The molecule has 104 valence electrons. The monoisotopic (exact) mass is 271 g/mol. The Morgan fingerprint density at radius 3 is 2.75 bits per heavy atom. The van der Waals surface area contributed by atoms with Crippen LogP contribution in [0.15, 0.2) is 24.5 Å². The van der Waals surface area contributed by atoms with E-state index in [2.05, 4.69) is 4.98 Å². The molecule has 0 radical (unpaired) electrons. The van der Waals surface area contributed by atoms with Gasteiger partial charge in [0, 0.05) is 37.7 Å². The molecule has 20 heavy (non-hydrogen) atoms. The Morgan fingerprint density at radius 1 is 1.25 bits per heavy atom. The van der Waals surface area contributed by atoms with Gasteiger partial charge in [0.1, 0.15) is 0 Å². The highest BCUT2D eigenvalue weighted by atomic mass is 16.2. The summed E-state index contributed by atoms with van der Waals surface area (Å²) in [7, 11) is 0. The van der Waals surface area contributed by atoms with Crippen LogP contribution < -0.4 is 4.90 Å². The van der Waals surface area contributed by atoms with Gasteiger partial charge in [-0.25, -0.2) is 0 Å². The van der Waals surface area contributed by atoms with Crippen molar-refractivity contribution in [2.75, 3.05) is 24.5 Å². The summed E-state index contributed by atoms with van der Waals surface area (Å²) in [6.45, 7) is 2.06. The van der Waals surface area contributed by atoms with Gasteiger partial charge in [0.2, 0.25) is 11.8 Å². The number of likely N-dealkylation sites (tertiary alicyclic amines) is 1. The van der Waals surface area contributed by atoms with Crippen molar-refractivity contribution in [3.8, 4) is 0 Å². The lowest BCUT2D eigenvalue weighted by Crippen LogP contribution is -2.36. The van der Waals surface area contributed by atoms with Crippen LogP contribution in [0.3, 0.4) is 0 Å². The fourth-order valence-electron chi connectivity index (χ4n) is 3.38. The largest absolute Gasteiger partial charge is 0.341 e. The van der Waals surface area contributed by atoms with Gasteiger partial charge in [-0.15, -0.1) is 0 Å². The van der Waals surface area contributed by atoms with Gasteiger partial charge in [0.25, 0.3) is 0 Å². The number of pyridine rings is 1. The van der Waals surface area contributed by atoms with Gasteiger partial charge in [0.05, 0.1) is 17.8 Å². The number of fused-ring (bicyclic) bond motifs is 1. The maximum absolute atomic E-state index is 12.5. The molecule has 3 fully saturated rings. The summed E-state index contributed by atoms with van der Waals surface area (Å²) >= 11 is 0. The molecule has 3 heterocycles. The van der Waals surface area contributed by atoms with Crippen molar-refractivity contribution in [1.29, 1.82) is 0 Å². The van der Waals surface area contributed by atoms with E-state index in [4.69, 9.17) is 0 Å². The quantitative estimate of drug-likeness (QED) is 0.803. The normalized spacial score (nSPS) is 28.9. The minimum absolute atomic E-state index is 0.0158. The molecule has 1 aliphatic carbocycles. The highest BCUT2D eigenvalue weighted by molar-refractivity contribution is 5.98. The number of hydrogen-bond acceptors (Lipinski definition) is 3. The highest BCUT2D eigenvalue weighted by Crippen LogP contribution is 2.38. The molecule has 4 rings (SSSR count). The molecule has 1 saturated carbocycles. The molecular weight excluding hydrogens is 254 g/mol. The van der Waals surface area contributed by atoms with Crippen LogP contribution in [0.5, 0.6) is 0 Å². The van der Waals surface area contributed by atoms with E-state index in [1.54, 1.807) is 12.4 Å². The Morgan fingerprint density at radius 2 is 2.10 bits per heavy atom. The number of nitrogens with zero attached hydrogens (tertiary/aromatic N) is 3. The fraction of sp³-hybridized carbons (Fsp3) is 0.533. The van der Waals surface area contributed by atoms with Crippen LogP contribution in [0.25, 0.3) is 0 Å². The van der Waals surface area contributed by atoms with E-state index in [0.29, 0.717) is 13.1 Å². The van der Waals surface area contributed by atoms with Gasteiger partial charge >= 0.3 is 0 Å². The van der Waals surface area contributed by atoms with Crippen LogP contribution in [-0.4, -0.2) is 41.3 Å². The first-order chi connectivity index (χ1) is 9.74. The first-order valence-corrected chi connectivity index (χ1v) is 7.24. The van der Waals surface area contributed by atoms with Crippen LogP contribution in [0.1, 0.15) is 12.8 Å². The Labute approximate surface area is 117 Å². The highest BCUT2D eigenvalue weighted by Gasteiger charge is 2.49. The van der Waals surface area contributed by atoms with Crippen LogP contribution in [0, 0.1) is 17.8 Å². The third kappa shape index (κ3) is 1.80. The second kappa shape index (κ2) is 4.30. The van der Waals surface area contributed by atoms with Gasteiger partial charge in [0.15, 0.2) is 0 Å². The van der Waals surface area contributed by atoms with E-state index in [-0.39, 0.29) is 29.6 Å². The lowest BCUT2D eigenvalue weighted by atomic mass is 10.0. The van der Waals surface area contributed by atoms with Crippen molar-refractivity contribution in [1.82, 2.24) is 9.88 Å². The lowest BCUT2D eigenvalue weighted by molar-refractivity contribution is -0.132. The third-order valence-electron chi connectivity index (χ3n) is 4.64. The van der Waals surface area contributed by atoms with E-state index >= 15 is 0 Å². The predicted octanol–water partition coefficient (Wildman–Crippen LogP) is 0.913. The topological polar surface area (TPSA) is 53.5 Å². The molecule has 0 spiro atoms. The second-order valence-corrected chi connectivity index (χ2v) is 6.04. The number of hydrogen-bond donors (Lipinski definition) is 0. The van der Waals surface area contributed by atoms with Crippen molar-refractivity contribution < 1.29 is 9.59 Å². The standard InChI is InChI=1S/C15H17N3O2/c19-14(10-3-4-10)17-7-11-8-18(15(20)13(11)9-17)12-2-1-5-16-6-12/h1-2,5-6,10-11,13H,3-4,7-9H2/t11-,13-/m0/s1. The zero-order chi connectivity index (χ0) is 13.7. The van der Waals surface area contributed by atoms with E-state index < -0.39 is 0 Å². The molecule has 5 nitrogen and oxygen atoms in total. The summed E-state index contributed by atoms with van der Waals surface area (Å²) in [5.74, 6) is 0.927. The minimum Gasteiger partial charge on any atom is -0.341 e. The molecule has 1 aromatic rings. The van der Waals surface area contributed by atoms with E-state index in [0.717, 1.165) is 25.1 Å².